The number of hydrogen-bond donors (Lipinski definition) is 4. The van der Waals surface area contributed by atoms with Crippen molar-refractivity contribution in [2.75, 3.05) is 23.7 Å². The van der Waals surface area contributed by atoms with Gasteiger partial charge in [-0.25, -0.2) is 0 Å². The van der Waals surface area contributed by atoms with Crippen molar-refractivity contribution in [3.63, 3.8) is 0 Å². The Bertz CT molecular complexity index is 1100. The zero-order valence-corrected chi connectivity index (χ0v) is 19.3. The van der Waals surface area contributed by atoms with Crippen LogP contribution in [-0.2, 0) is 11.3 Å². The molecule has 0 aromatic heterocycles. The lowest BCUT2D eigenvalue weighted by molar-refractivity contribution is -0.114. The molecule has 7 heteroatoms. The third kappa shape index (κ3) is 7.78. The first-order valence-electron chi connectivity index (χ1n) is 11.4. The Hall–Kier alpha value is -4.13. The molecule has 0 aliphatic carbocycles. The number of unbranched alkanes of at least 4 members (excludes halogenated alkanes) is 1. The van der Waals surface area contributed by atoms with Gasteiger partial charge in [0.05, 0.1) is 6.54 Å². The summed E-state index contributed by atoms with van der Waals surface area (Å²) in [6.45, 7) is 3.20. The summed E-state index contributed by atoms with van der Waals surface area (Å²) in [6.07, 6.45) is 1.93. The topological polar surface area (TPSA) is 99.3 Å². The molecular weight excluding hydrogens is 428 g/mol. The van der Waals surface area contributed by atoms with E-state index in [0.29, 0.717) is 29.9 Å². The molecule has 4 N–H and O–H groups in total. The molecule has 3 rings (SSSR count). The van der Waals surface area contributed by atoms with E-state index >= 15 is 0 Å². The van der Waals surface area contributed by atoms with E-state index in [9.17, 15) is 14.4 Å². The van der Waals surface area contributed by atoms with Crippen LogP contribution in [0, 0.1) is 0 Å². The van der Waals surface area contributed by atoms with Crippen molar-refractivity contribution < 1.29 is 14.4 Å². The van der Waals surface area contributed by atoms with E-state index in [1.54, 1.807) is 48.5 Å². The number of rotatable bonds is 11. The lowest BCUT2D eigenvalue weighted by atomic mass is 10.1. The van der Waals surface area contributed by atoms with E-state index in [4.69, 9.17) is 0 Å². The Morgan fingerprint density at radius 3 is 2.21 bits per heavy atom. The van der Waals surface area contributed by atoms with Crippen molar-refractivity contribution in [2.45, 2.75) is 26.3 Å². The van der Waals surface area contributed by atoms with E-state index in [-0.39, 0.29) is 24.3 Å². The van der Waals surface area contributed by atoms with Gasteiger partial charge in [0.25, 0.3) is 11.8 Å². The molecule has 7 nitrogen and oxygen atoms in total. The van der Waals surface area contributed by atoms with E-state index in [2.05, 4.69) is 28.2 Å². The number of carbonyl (C=O) groups is 3. The van der Waals surface area contributed by atoms with Crippen LogP contribution in [0.1, 0.15) is 46.0 Å². The lowest BCUT2D eigenvalue weighted by Gasteiger charge is -2.10. The zero-order valence-electron chi connectivity index (χ0n) is 19.3. The monoisotopic (exact) mass is 458 g/mol. The van der Waals surface area contributed by atoms with Gasteiger partial charge in [-0.15, -0.1) is 0 Å². The van der Waals surface area contributed by atoms with Crippen LogP contribution in [0.4, 0.5) is 11.4 Å². The number of nitrogens with one attached hydrogen (secondary N) is 4. The summed E-state index contributed by atoms with van der Waals surface area (Å²) in [5, 5.41) is 11.6. The second kappa shape index (κ2) is 12.8. The second-order valence-corrected chi connectivity index (χ2v) is 7.84. The van der Waals surface area contributed by atoms with Gasteiger partial charge in [-0.3, -0.25) is 14.4 Å². The summed E-state index contributed by atoms with van der Waals surface area (Å²) in [7, 11) is 0. The van der Waals surface area contributed by atoms with Gasteiger partial charge in [0, 0.05) is 35.6 Å². The zero-order chi connectivity index (χ0) is 24.2. The summed E-state index contributed by atoms with van der Waals surface area (Å²) < 4.78 is 0. The van der Waals surface area contributed by atoms with Crippen molar-refractivity contribution in [1.29, 1.82) is 0 Å². The fourth-order valence-corrected chi connectivity index (χ4v) is 3.23. The third-order valence-corrected chi connectivity index (χ3v) is 5.12. The van der Waals surface area contributed by atoms with E-state index in [0.717, 1.165) is 24.1 Å². The molecule has 0 bridgehead atoms. The number of amides is 3. The molecule has 0 radical (unpaired) electrons. The number of carbonyl (C=O) groups excluding carboxylic acids is 3. The summed E-state index contributed by atoms with van der Waals surface area (Å²) in [5.41, 5.74) is 3.35. The van der Waals surface area contributed by atoms with Gasteiger partial charge in [-0.1, -0.05) is 49.7 Å². The molecule has 0 atom stereocenters. The highest BCUT2D eigenvalue weighted by Gasteiger charge is 2.09. The molecule has 0 heterocycles. The van der Waals surface area contributed by atoms with Gasteiger partial charge in [-0.05, 0) is 54.4 Å². The molecule has 0 aliphatic rings. The van der Waals surface area contributed by atoms with Crippen LogP contribution in [-0.4, -0.2) is 30.8 Å². The first-order chi connectivity index (χ1) is 16.5. The molecule has 0 saturated carbocycles. The second-order valence-electron chi connectivity index (χ2n) is 7.84. The third-order valence-electron chi connectivity index (χ3n) is 5.12. The molecule has 0 unspecified atom stereocenters. The normalized spacial score (nSPS) is 10.3. The molecule has 0 aliphatic heterocycles. The van der Waals surface area contributed by atoms with Gasteiger partial charge in [0.1, 0.15) is 0 Å². The smallest absolute Gasteiger partial charge is 0.251 e. The average Bonchev–Trinajstić information content (AvgIpc) is 2.87. The van der Waals surface area contributed by atoms with Gasteiger partial charge in [0.2, 0.25) is 5.91 Å². The molecule has 3 aromatic carbocycles. The van der Waals surface area contributed by atoms with Crippen LogP contribution >= 0.6 is 0 Å². The maximum atomic E-state index is 12.3. The minimum atomic E-state index is -0.242. The van der Waals surface area contributed by atoms with Gasteiger partial charge in [-0.2, -0.15) is 0 Å². The maximum Gasteiger partial charge on any atom is 0.251 e. The minimum absolute atomic E-state index is 0.0481. The number of hydrogen-bond acceptors (Lipinski definition) is 4. The van der Waals surface area contributed by atoms with Crippen LogP contribution in [0.2, 0.25) is 0 Å². The van der Waals surface area contributed by atoms with Crippen LogP contribution in [0.5, 0.6) is 0 Å². The summed E-state index contributed by atoms with van der Waals surface area (Å²) in [4.78, 5) is 36.9. The van der Waals surface area contributed by atoms with Gasteiger partial charge in [0.15, 0.2) is 0 Å². The highest BCUT2D eigenvalue weighted by Crippen LogP contribution is 2.12. The van der Waals surface area contributed by atoms with E-state index in [1.807, 2.05) is 30.3 Å². The molecular formula is C27H30N4O3. The van der Waals surface area contributed by atoms with Crippen LogP contribution in [0.15, 0.2) is 78.9 Å². The quantitative estimate of drug-likeness (QED) is 0.324. The Balaban J connectivity index is 1.45. The fourth-order valence-electron chi connectivity index (χ4n) is 3.23. The SMILES string of the molecule is CCCCNC(=O)c1cccc(NC(=O)CNc2ccc(C(=O)NCc3ccccc3)cc2)c1. The van der Waals surface area contributed by atoms with Crippen molar-refractivity contribution in [2.24, 2.45) is 0 Å². The molecule has 0 fully saturated rings. The van der Waals surface area contributed by atoms with Crippen molar-refractivity contribution in [3.05, 3.63) is 95.6 Å². The fraction of sp³-hybridized carbons (Fsp3) is 0.222. The number of benzene rings is 3. The first kappa shape index (κ1) is 24.5. The Morgan fingerprint density at radius 1 is 0.735 bits per heavy atom. The molecule has 0 spiro atoms. The molecule has 0 saturated heterocycles. The summed E-state index contributed by atoms with van der Waals surface area (Å²) >= 11 is 0. The standard InChI is InChI=1S/C27H30N4O3/c1-2-3-16-28-27(34)22-10-7-11-24(17-22)31-25(32)19-29-23-14-12-21(13-15-23)26(33)30-18-20-8-5-4-6-9-20/h4-15,17,29H,2-3,16,18-19H2,1H3,(H,28,34)(H,30,33)(H,31,32). The predicted octanol–water partition coefficient (Wildman–Crippen LogP) is 4.20. The predicted molar refractivity (Wildman–Crippen MR) is 135 cm³/mol. The van der Waals surface area contributed by atoms with Crippen molar-refractivity contribution in [1.82, 2.24) is 10.6 Å². The Morgan fingerprint density at radius 2 is 1.47 bits per heavy atom. The van der Waals surface area contributed by atoms with Crippen LogP contribution < -0.4 is 21.3 Å². The molecule has 3 aromatic rings. The van der Waals surface area contributed by atoms with Crippen LogP contribution in [0.3, 0.4) is 0 Å². The van der Waals surface area contributed by atoms with E-state index in [1.165, 1.54) is 0 Å². The maximum absolute atomic E-state index is 12.3. The van der Waals surface area contributed by atoms with Crippen LogP contribution in [0.25, 0.3) is 0 Å². The minimum Gasteiger partial charge on any atom is -0.376 e. The van der Waals surface area contributed by atoms with E-state index < -0.39 is 0 Å². The lowest BCUT2D eigenvalue weighted by Crippen LogP contribution is -2.25. The summed E-state index contributed by atoms with van der Waals surface area (Å²) in [5.74, 6) is -0.560. The number of anilines is 2. The van der Waals surface area contributed by atoms with Crippen molar-refractivity contribution >= 4 is 29.1 Å². The van der Waals surface area contributed by atoms with Gasteiger partial charge >= 0.3 is 0 Å². The largest absolute Gasteiger partial charge is 0.376 e. The average molecular weight is 459 g/mol. The molecule has 3 amide bonds. The van der Waals surface area contributed by atoms with Crippen molar-refractivity contribution in [3.8, 4) is 0 Å². The molecule has 176 valence electrons. The van der Waals surface area contributed by atoms with Gasteiger partial charge < -0.3 is 21.3 Å². The highest BCUT2D eigenvalue weighted by atomic mass is 16.2. The highest BCUT2D eigenvalue weighted by molar-refractivity contribution is 5.98. The summed E-state index contributed by atoms with van der Waals surface area (Å²) in [6, 6.07) is 23.5. The Kier molecular flexibility index (Phi) is 9.22. The molecule has 34 heavy (non-hydrogen) atoms. The Labute approximate surface area is 200 Å². The first-order valence-corrected chi connectivity index (χ1v) is 11.4.